The Morgan fingerprint density at radius 1 is 1.26 bits per heavy atom. The molecule has 132 valence electrons. The Labute approximate surface area is 127 Å². The molecule has 2 unspecified atom stereocenters. The molecule has 15 heteroatoms. The van der Waals surface area contributed by atoms with Crippen molar-refractivity contribution in [2.75, 3.05) is 13.2 Å². The first-order valence-electron chi connectivity index (χ1n) is 5.79. The van der Waals surface area contributed by atoms with Crippen molar-refractivity contribution in [3.05, 3.63) is 33.1 Å². The molecule has 0 saturated carbocycles. The zero-order valence-corrected chi connectivity index (χ0v) is 13.1. The summed E-state index contributed by atoms with van der Waals surface area (Å²) in [6.07, 6.45) is -0.0979. The zero-order valence-electron chi connectivity index (χ0n) is 11.3. The number of phosphoric ester groups is 1. The van der Waals surface area contributed by atoms with Crippen molar-refractivity contribution in [3.63, 3.8) is 0 Å². The lowest BCUT2D eigenvalue weighted by molar-refractivity contribution is -0.0502. The molecule has 1 aromatic rings. The molecule has 0 aliphatic rings. The molecule has 13 nitrogen and oxygen atoms in total. The number of ether oxygens (including phenoxy) is 1. The lowest BCUT2D eigenvalue weighted by atomic mass is 10.4. The molecule has 0 spiro atoms. The third-order valence-electron chi connectivity index (χ3n) is 2.18. The number of nitrogens with zero attached hydrogens (tertiary/aromatic N) is 1. The maximum atomic E-state index is 11.4. The van der Waals surface area contributed by atoms with Crippen molar-refractivity contribution in [2.24, 2.45) is 0 Å². The van der Waals surface area contributed by atoms with Gasteiger partial charge in [0.25, 0.3) is 5.56 Å². The van der Waals surface area contributed by atoms with Crippen LogP contribution in [-0.2, 0) is 29.4 Å². The highest BCUT2D eigenvalue weighted by Gasteiger charge is 2.33. The van der Waals surface area contributed by atoms with Crippen LogP contribution in [0.2, 0.25) is 0 Å². The van der Waals surface area contributed by atoms with E-state index in [0.29, 0.717) is 0 Å². The standard InChI is InChI=1S/C8H14N2O11P2/c11-3-6(4-20-23(17,18)21-22(14,15)16)19-5-10-2-1-7(12)9-8(10)13/h1-2,6,11H,3-5H2,(H,17,18)(H,9,12,13)(H2,14,15,16). The van der Waals surface area contributed by atoms with Gasteiger partial charge in [-0.05, 0) is 0 Å². The monoisotopic (exact) mass is 376 g/mol. The molecule has 1 heterocycles. The predicted octanol–water partition coefficient (Wildman–Crippen LogP) is -1.90. The largest absolute Gasteiger partial charge is 0.481 e. The summed E-state index contributed by atoms with van der Waals surface area (Å²) in [6, 6.07) is 1.05. The van der Waals surface area contributed by atoms with E-state index in [4.69, 9.17) is 24.5 Å². The number of H-pyrrole nitrogens is 1. The first-order chi connectivity index (χ1) is 10.5. The molecule has 0 aromatic carbocycles. The smallest absolute Gasteiger partial charge is 0.394 e. The third-order valence-corrected chi connectivity index (χ3v) is 4.33. The van der Waals surface area contributed by atoms with Gasteiger partial charge in [0.05, 0.1) is 13.2 Å². The van der Waals surface area contributed by atoms with E-state index in [9.17, 15) is 18.7 Å². The molecule has 0 radical (unpaired) electrons. The van der Waals surface area contributed by atoms with Gasteiger partial charge in [0.2, 0.25) is 0 Å². The molecule has 0 amide bonds. The number of aliphatic hydroxyl groups excluding tert-OH is 1. The van der Waals surface area contributed by atoms with Gasteiger partial charge >= 0.3 is 21.3 Å². The Morgan fingerprint density at radius 3 is 2.43 bits per heavy atom. The molecule has 2 atom stereocenters. The summed E-state index contributed by atoms with van der Waals surface area (Å²) in [5, 5.41) is 9.03. The highest BCUT2D eigenvalue weighted by Crippen LogP contribution is 2.57. The molecule has 5 N–H and O–H groups in total. The third kappa shape index (κ3) is 7.79. The van der Waals surface area contributed by atoms with Crippen LogP contribution < -0.4 is 11.2 Å². The molecular formula is C8H14N2O11P2. The van der Waals surface area contributed by atoms with Gasteiger partial charge in [-0.1, -0.05) is 0 Å². The topological polar surface area (TPSA) is 198 Å². The average molecular weight is 376 g/mol. The van der Waals surface area contributed by atoms with E-state index >= 15 is 0 Å². The fraction of sp³-hybridized carbons (Fsp3) is 0.500. The molecule has 23 heavy (non-hydrogen) atoms. The molecule has 0 fully saturated rings. The second-order valence-corrected chi connectivity index (χ2v) is 6.85. The number of rotatable bonds is 9. The summed E-state index contributed by atoms with van der Waals surface area (Å²) in [5.74, 6) is 0. The second kappa shape index (κ2) is 8.11. The number of hydrogen-bond acceptors (Lipinski definition) is 8. The van der Waals surface area contributed by atoms with E-state index in [0.717, 1.165) is 16.8 Å². The Kier molecular flexibility index (Phi) is 7.02. The molecule has 1 rings (SSSR count). The summed E-state index contributed by atoms with van der Waals surface area (Å²) in [4.78, 5) is 50.0. The van der Waals surface area contributed by atoms with Gasteiger partial charge in [-0.2, -0.15) is 4.31 Å². The van der Waals surface area contributed by atoms with Crippen LogP contribution in [0.15, 0.2) is 21.9 Å². The minimum atomic E-state index is -5.25. The fourth-order valence-corrected chi connectivity index (χ4v) is 2.84. The second-order valence-electron chi connectivity index (χ2n) is 4.02. The number of hydrogen-bond donors (Lipinski definition) is 5. The summed E-state index contributed by atoms with van der Waals surface area (Å²) in [7, 11) is -10.3. The van der Waals surface area contributed by atoms with E-state index in [1.165, 1.54) is 0 Å². The number of aromatic nitrogens is 2. The van der Waals surface area contributed by atoms with Gasteiger partial charge in [-0.25, -0.2) is 13.9 Å². The maximum absolute atomic E-state index is 11.4. The molecular weight excluding hydrogens is 362 g/mol. The summed E-state index contributed by atoms with van der Waals surface area (Å²) < 4.78 is 35.4. The fourth-order valence-electron chi connectivity index (χ4n) is 1.22. The normalized spacial score (nSPS) is 16.0. The van der Waals surface area contributed by atoms with E-state index in [1.54, 1.807) is 0 Å². The van der Waals surface area contributed by atoms with E-state index in [2.05, 4.69) is 8.83 Å². The van der Waals surface area contributed by atoms with Gasteiger partial charge in [-0.15, -0.1) is 0 Å². The van der Waals surface area contributed by atoms with E-state index in [-0.39, 0.29) is 0 Å². The maximum Gasteiger partial charge on any atom is 0.481 e. The minimum absolute atomic E-state index is 0.431. The van der Waals surface area contributed by atoms with Crippen molar-refractivity contribution in [1.82, 2.24) is 9.55 Å². The highest BCUT2D eigenvalue weighted by molar-refractivity contribution is 7.60. The van der Waals surface area contributed by atoms with Crippen LogP contribution in [-0.4, -0.2) is 48.7 Å². The number of aromatic amines is 1. The first-order valence-corrected chi connectivity index (χ1v) is 8.81. The van der Waals surface area contributed by atoms with Crippen molar-refractivity contribution in [2.45, 2.75) is 12.8 Å². The lowest BCUT2D eigenvalue weighted by Gasteiger charge is -2.18. The van der Waals surface area contributed by atoms with Crippen molar-refractivity contribution < 1.29 is 42.5 Å². The quantitative estimate of drug-likeness (QED) is 0.302. The molecule has 0 saturated heterocycles. The summed E-state index contributed by atoms with van der Waals surface area (Å²) in [5.41, 5.74) is -1.41. The number of nitrogens with one attached hydrogen (secondary N) is 1. The van der Waals surface area contributed by atoms with Crippen LogP contribution in [0.5, 0.6) is 0 Å². The Hall–Kier alpha value is -1.14. The zero-order chi connectivity index (χ0) is 17.7. The van der Waals surface area contributed by atoms with Crippen LogP contribution in [0.4, 0.5) is 0 Å². The van der Waals surface area contributed by atoms with Crippen LogP contribution in [0, 0.1) is 0 Å². The van der Waals surface area contributed by atoms with Crippen molar-refractivity contribution in [1.29, 1.82) is 0 Å². The van der Waals surface area contributed by atoms with Gasteiger partial charge in [-0.3, -0.25) is 18.9 Å². The highest BCUT2D eigenvalue weighted by atomic mass is 31.3. The SMILES string of the molecule is O=c1ccn(COC(CO)COP(=O)(O)OP(=O)(O)O)c(=O)[nH]1. The lowest BCUT2D eigenvalue weighted by Crippen LogP contribution is -2.32. The molecule has 1 aromatic heterocycles. The van der Waals surface area contributed by atoms with Gasteiger partial charge in [0.15, 0.2) is 0 Å². The Morgan fingerprint density at radius 2 is 1.91 bits per heavy atom. The number of aliphatic hydroxyl groups is 1. The molecule has 0 aliphatic carbocycles. The van der Waals surface area contributed by atoms with Crippen LogP contribution in [0.25, 0.3) is 0 Å². The first kappa shape index (κ1) is 19.9. The summed E-state index contributed by atoms with van der Waals surface area (Å²) >= 11 is 0. The molecule has 0 aliphatic heterocycles. The van der Waals surface area contributed by atoms with Gasteiger partial charge in [0.1, 0.15) is 12.8 Å². The summed E-state index contributed by atoms with van der Waals surface area (Å²) in [6.45, 7) is -1.89. The van der Waals surface area contributed by atoms with Crippen LogP contribution in [0.1, 0.15) is 0 Å². The Balaban J connectivity index is 2.58. The Bertz CT molecular complexity index is 721. The van der Waals surface area contributed by atoms with E-state index < -0.39 is 52.9 Å². The van der Waals surface area contributed by atoms with Gasteiger partial charge < -0.3 is 24.5 Å². The van der Waals surface area contributed by atoms with Crippen molar-refractivity contribution in [3.8, 4) is 0 Å². The minimum Gasteiger partial charge on any atom is -0.394 e. The van der Waals surface area contributed by atoms with Gasteiger partial charge in [0, 0.05) is 12.3 Å². The number of phosphoric acid groups is 2. The average Bonchev–Trinajstić information content (AvgIpc) is 2.38. The van der Waals surface area contributed by atoms with E-state index in [1.807, 2.05) is 4.98 Å². The predicted molar refractivity (Wildman–Crippen MR) is 72.2 cm³/mol. The van der Waals surface area contributed by atoms with Crippen LogP contribution >= 0.6 is 15.6 Å². The molecule has 0 bridgehead atoms. The van der Waals surface area contributed by atoms with Crippen molar-refractivity contribution >= 4 is 15.6 Å². The van der Waals surface area contributed by atoms with Crippen LogP contribution in [0.3, 0.4) is 0 Å².